The standard InChI is InChI=1S/C10H20IN/c1-9(2)6-8(11)7-10(3,4)12(9)5/h8H,6-7H2,1-5H3. The van der Waals surface area contributed by atoms with Crippen LogP contribution in [-0.2, 0) is 0 Å². The molecule has 1 aliphatic rings. The number of halogens is 1. The highest BCUT2D eigenvalue weighted by Gasteiger charge is 2.41. The molecule has 0 unspecified atom stereocenters. The first kappa shape index (κ1) is 10.8. The second kappa shape index (κ2) is 3.12. The highest BCUT2D eigenvalue weighted by molar-refractivity contribution is 14.1. The van der Waals surface area contributed by atoms with Crippen molar-refractivity contribution >= 4 is 22.6 Å². The average molecular weight is 281 g/mol. The topological polar surface area (TPSA) is 3.24 Å². The summed E-state index contributed by atoms with van der Waals surface area (Å²) in [6.45, 7) is 9.39. The Bertz CT molecular complexity index is 157. The van der Waals surface area contributed by atoms with Crippen molar-refractivity contribution in [2.75, 3.05) is 7.05 Å². The normalized spacial score (nSPS) is 30.5. The van der Waals surface area contributed by atoms with Crippen molar-refractivity contribution < 1.29 is 0 Å². The molecule has 12 heavy (non-hydrogen) atoms. The Kier molecular flexibility index (Phi) is 2.80. The summed E-state index contributed by atoms with van der Waals surface area (Å²) in [6.07, 6.45) is 2.63. The molecule has 0 atom stereocenters. The Morgan fingerprint density at radius 1 is 1.08 bits per heavy atom. The van der Waals surface area contributed by atoms with Crippen LogP contribution in [0.25, 0.3) is 0 Å². The summed E-state index contributed by atoms with van der Waals surface area (Å²) in [4.78, 5) is 2.52. The van der Waals surface area contributed by atoms with Gasteiger partial charge >= 0.3 is 0 Å². The van der Waals surface area contributed by atoms with Gasteiger partial charge in [-0.05, 0) is 47.6 Å². The van der Waals surface area contributed by atoms with Crippen molar-refractivity contribution in [2.24, 2.45) is 0 Å². The van der Waals surface area contributed by atoms with Gasteiger partial charge in [-0.25, -0.2) is 0 Å². The van der Waals surface area contributed by atoms with Gasteiger partial charge in [-0.3, -0.25) is 4.90 Å². The van der Waals surface area contributed by atoms with Crippen molar-refractivity contribution in [3.05, 3.63) is 0 Å². The van der Waals surface area contributed by atoms with Crippen LogP contribution in [0.1, 0.15) is 40.5 Å². The monoisotopic (exact) mass is 281 g/mol. The molecule has 1 nitrogen and oxygen atoms in total. The second-order valence-corrected chi connectivity index (χ2v) is 6.95. The molecule has 0 aromatic rings. The number of likely N-dealkylation sites (tertiary alicyclic amines) is 1. The lowest BCUT2D eigenvalue weighted by Crippen LogP contribution is -2.58. The van der Waals surface area contributed by atoms with Crippen LogP contribution in [0.4, 0.5) is 0 Å². The highest BCUT2D eigenvalue weighted by Crippen LogP contribution is 2.39. The summed E-state index contributed by atoms with van der Waals surface area (Å²) in [5, 5.41) is 0. The Morgan fingerprint density at radius 2 is 1.42 bits per heavy atom. The molecular formula is C10H20IN. The minimum atomic E-state index is 0.369. The van der Waals surface area contributed by atoms with E-state index in [2.05, 4.69) is 62.2 Å². The van der Waals surface area contributed by atoms with E-state index in [1.165, 1.54) is 12.8 Å². The SMILES string of the molecule is CN1C(C)(C)CC(I)CC1(C)C. The maximum Gasteiger partial charge on any atom is 0.0165 e. The minimum Gasteiger partial charge on any atom is -0.296 e. The predicted molar refractivity (Wildman–Crippen MR) is 63.0 cm³/mol. The van der Waals surface area contributed by atoms with Crippen molar-refractivity contribution in [1.82, 2.24) is 4.90 Å². The summed E-state index contributed by atoms with van der Waals surface area (Å²) in [5.41, 5.74) is 0.737. The Balaban J connectivity index is 2.84. The lowest BCUT2D eigenvalue weighted by atomic mass is 9.80. The summed E-state index contributed by atoms with van der Waals surface area (Å²) in [5.74, 6) is 0. The van der Waals surface area contributed by atoms with Crippen LogP contribution < -0.4 is 0 Å². The van der Waals surface area contributed by atoms with Crippen LogP contribution in [0.2, 0.25) is 0 Å². The van der Waals surface area contributed by atoms with E-state index in [0.29, 0.717) is 11.1 Å². The van der Waals surface area contributed by atoms with Crippen LogP contribution in [0.3, 0.4) is 0 Å². The van der Waals surface area contributed by atoms with E-state index in [0.717, 1.165) is 3.92 Å². The maximum atomic E-state index is 2.59. The van der Waals surface area contributed by atoms with Gasteiger partial charge in [0, 0.05) is 15.0 Å². The van der Waals surface area contributed by atoms with Gasteiger partial charge in [0.15, 0.2) is 0 Å². The molecule has 0 aliphatic carbocycles. The van der Waals surface area contributed by atoms with Gasteiger partial charge in [-0.15, -0.1) is 0 Å². The lowest BCUT2D eigenvalue weighted by molar-refractivity contribution is 0.00367. The zero-order chi connectivity index (χ0) is 9.57. The number of piperidine rings is 1. The predicted octanol–water partition coefficient (Wildman–Crippen LogP) is 3.07. The van der Waals surface area contributed by atoms with Gasteiger partial charge in [0.1, 0.15) is 0 Å². The molecule has 1 heterocycles. The first-order chi connectivity index (χ1) is 5.26. The average Bonchev–Trinajstić information content (AvgIpc) is 1.80. The summed E-state index contributed by atoms with van der Waals surface area (Å²) in [6, 6.07) is 0. The van der Waals surface area contributed by atoms with Gasteiger partial charge < -0.3 is 0 Å². The fourth-order valence-electron chi connectivity index (χ4n) is 2.25. The number of hydrogen-bond donors (Lipinski definition) is 0. The summed E-state index contributed by atoms with van der Waals surface area (Å²) in [7, 11) is 2.25. The van der Waals surface area contributed by atoms with E-state index in [1.54, 1.807) is 0 Å². The molecule has 0 radical (unpaired) electrons. The van der Waals surface area contributed by atoms with Crippen molar-refractivity contribution in [2.45, 2.75) is 55.5 Å². The molecule has 0 N–H and O–H groups in total. The molecule has 0 spiro atoms. The highest BCUT2D eigenvalue weighted by atomic mass is 127. The molecule has 72 valence electrons. The fourth-order valence-corrected chi connectivity index (χ4v) is 4.40. The molecule has 1 rings (SSSR count). The van der Waals surface area contributed by atoms with E-state index in [4.69, 9.17) is 0 Å². The second-order valence-electron chi connectivity index (χ2n) is 5.19. The zero-order valence-corrected chi connectivity index (χ0v) is 11.0. The van der Waals surface area contributed by atoms with Crippen LogP contribution in [0.5, 0.6) is 0 Å². The lowest BCUT2D eigenvalue weighted by Gasteiger charge is -2.52. The molecule has 0 aromatic heterocycles. The van der Waals surface area contributed by atoms with Crippen molar-refractivity contribution in [3.8, 4) is 0 Å². The van der Waals surface area contributed by atoms with Gasteiger partial charge in [0.05, 0.1) is 0 Å². The van der Waals surface area contributed by atoms with E-state index >= 15 is 0 Å². The fraction of sp³-hybridized carbons (Fsp3) is 1.00. The number of rotatable bonds is 0. The largest absolute Gasteiger partial charge is 0.296 e. The van der Waals surface area contributed by atoms with Crippen LogP contribution in [0, 0.1) is 0 Å². The molecule has 1 aliphatic heterocycles. The number of hydrogen-bond acceptors (Lipinski definition) is 1. The molecule has 2 heteroatoms. The smallest absolute Gasteiger partial charge is 0.0165 e. The molecule has 1 saturated heterocycles. The van der Waals surface area contributed by atoms with Crippen molar-refractivity contribution in [3.63, 3.8) is 0 Å². The van der Waals surface area contributed by atoms with Gasteiger partial charge in [0.25, 0.3) is 0 Å². The Labute approximate surface area is 90.0 Å². The Hall–Kier alpha value is 0.690. The van der Waals surface area contributed by atoms with E-state index in [9.17, 15) is 0 Å². The first-order valence-corrected chi connectivity index (χ1v) is 5.88. The molecule has 0 amide bonds. The van der Waals surface area contributed by atoms with E-state index < -0.39 is 0 Å². The first-order valence-electron chi connectivity index (χ1n) is 4.64. The van der Waals surface area contributed by atoms with Crippen molar-refractivity contribution in [1.29, 1.82) is 0 Å². The molecule has 0 bridgehead atoms. The molecular weight excluding hydrogens is 261 g/mol. The van der Waals surface area contributed by atoms with Gasteiger partial charge in [-0.2, -0.15) is 0 Å². The van der Waals surface area contributed by atoms with Crippen LogP contribution >= 0.6 is 22.6 Å². The van der Waals surface area contributed by atoms with Gasteiger partial charge in [-0.1, -0.05) is 22.6 Å². The summed E-state index contributed by atoms with van der Waals surface area (Å²) < 4.78 is 0.837. The van der Waals surface area contributed by atoms with E-state index in [-0.39, 0.29) is 0 Å². The van der Waals surface area contributed by atoms with Crippen LogP contribution in [-0.4, -0.2) is 27.0 Å². The quantitative estimate of drug-likeness (QED) is 0.487. The number of nitrogens with zero attached hydrogens (tertiary/aromatic N) is 1. The Morgan fingerprint density at radius 3 is 1.75 bits per heavy atom. The minimum absolute atomic E-state index is 0.369. The summed E-state index contributed by atoms with van der Waals surface area (Å²) >= 11 is 2.59. The molecule has 1 fully saturated rings. The third-order valence-corrected chi connectivity index (χ3v) is 4.14. The zero-order valence-electron chi connectivity index (χ0n) is 8.82. The van der Waals surface area contributed by atoms with Crippen LogP contribution in [0.15, 0.2) is 0 Å². The number of alkyl halides is 1. The maximum absolute atomic E-state index is 2.59. The van der Waals surface area contributed by atoms with E-state index in [1.807, 2.05) is 0 Å². The third kappa shape index (κ3) is 1.95. The third-order valence-electron chi connectivity index (χ3n) is 3.26. The molecule has 0 aromatic carbocycles. The molecule has 0 saturated carbocycles. The van der Waals surface area contributed by atoms with Gasteiger partial charge in [0.2, 0.25) is 0 Å².